The first kappa shape index (κ1) is 26.0. The Hall–Kier alpha value is -3.58. The number of thiazole rings is 1. The van der Waals surface area contributed by atoms with Gasteiger partial charge >= 0.3 is 5.97 Å². The van der Waals surface area contributed by atoms with Crippen molar-refractivity contribution in [3.05, 3.63) is 45.5 Å². The largest absolute Gasteiger partial charge is 0.477 e. The Morgan fingerprint density at radius 3 is 2.87 bits per heavy atom. The number of nitrogens with two attached hydrogens (primary N) is 1. The van der Waals surface area contributed by atoms with E-state index in [4.69, 9.17) is 5.73 Å². The molecule has 200 valence electrons. The molecule has 4 aliphatic heterocycles. The van der Waals surface area contributed by atoms with Crippen LogP contribution in [-0.2, 0) is 14.4 Å². The van der Waals surface area contributed by atoms with Gasteiger partial charge < -0.3 is 26.5 Å². The normalized spacial score (nSPS) is 22.9. The standard InChI is InChI=1S/C20H21N9O6S3/c1-8-2-12(29-11(22-8)3-27(7-30)26-29)36-4-9-5-37-18-14(17(32)28(18)15(9)19(33)34)24-16(31)13(25-35)10-6-38-20(21)23-10/h2-3,6,14,18,26,30,35H,4-5,7H2,1H3,(H2,21,23)(H,24,31)(H,33,34)/b25-13-/t14?,18-/m1/s1. The van der Waals surface area contributed by atoms with Gasteiger partial charge in [-0.05, 0) is 18.6 Å². The molecule has 2 amide bonds. The number of thioether (sulfide) groups is 2. The van der Waals surface area contributed by atoms with E-state index in [0.29, 0.717) is 17.1 Å². The third-order valence-electron chi connectivity index (χ3n) is 5.74. The Kier molecular flexibility index (Phi) is 7.05. The summed E-state index contributed by atoms with van der Waals surface area (Å²) in [5, 5.41) is 39.0. The molecule has 15 nitrogen and oxygen atoms in total. The van der Waals surface area contributed by atoms with Gasteiger partial charge in [-0.25, -0.2) is 19.8 Å². The first-order valence-corrected chi connectivity index (χ1v) is 13.8. The van der Waals surface area contributed by atoms with E-state index in [2.05, 4.69) is 26.0 Å². The molecule has 4 aliphatic rings. The minimum atomic E-state index is -1.25. The number of aliphatic imine (C=N–C) groups is 1. The zero-order chi connectivity index (χ0) is 27.1. The summed E-state index contributed by atoms with van der Waals surface area (Å²) in [6, 6.07) is -1.00. The highest BCUT2D eigenvalue weighted by Gasteiger charge is 2.54. The maximum atomic E-state index is 13.0. The van der Waals surface area contributed by atoms with Gasteiger partial charge in [0.2, 0.25) is 0 Å². The fourth-order valence-electron chi connectivity index (χ4n) is 4.06. The van der Waals surface area contributed by atoms with Gasteiger partial charge in [-0.15, -0.1) is 40.4 Å². The third-order valence-corrected chi connectivity index (χ3v) is 8.84. The number of oxime groups is 1. The lowest BCUT2D eigenvalue weighted by Crippen LogP contribution is -2.71. The number of carboxylic acids is 1. The van der Waals surface area contributed by atoms with Crippen LogP contribution in [0.4, 0.5) is 5.13 Å². The number of anilines is 1. The molecule has 7 N–H and O–H groups in total. The summed E-state index contributed by atoms with van der Waals surface area (Å²) in [4.78, 5) is 47.4. The second-order valence-corrected chi connectivity index (χ2v) is 11.2. The molecule has 0 radical (unpaired) electrons. The number of nitrogens with zero attached hydrogens (tertiary/aromatic N) is 6. The van der Waals surface area contributed by atoms with Gasteiger partial charge in [-0.2, -0.15) is 0 Å². The van der Waals surface area contributed by atoms with Gasteiger partial charge in [0.25, 0.3) is 11.8 Å². The molecule has 1 unspecified atom stereocenters. The number of aliphatic carboxylic acids is 1. The lowest BCUT2D eigenvalue weighted by Gasteiger charge is -2.49. The van der Waals surface area contributed by atoms with Gasteiger partial charge in [-0.3, -0.25) is 19.5 Å². The molecular formula is C20H21N9O6S3. The monoisotopic (exact) mass is 579 g/mol. The lowest BCUT2D eigenvalue weighted by atomic mass is 10.0. The number of hydrogen-bond acceptors (Lipinski definition) is 15. The average molecular weight is 580 g/mol. The molecule has 1 aromatic heterocycles. The third kappa shape index (κ3) is 4.60. The summed E-state index contributed by atoms with van der Waals surface area (Å²) >= 11 is 3.73. The van der Waals surface area contributed by atoms with Crippen LogP contribution >= 0.6 is 34.9 Å². The van der Waals surface area contributed by atoms with Gasteiger partial charge in [0.15, 0.2) is 16.7 Å². The summed E-state index contributed by atoms with van der Waals surface area (Å²) in [6.07, 6.45) is 3.47. The van der Waals surface area contributed by atoms with E-state index >= 15 is 0 Å². The molecule has 2 atom stereocenters. The van der Waals surface area contributed by atoms with E-state index in [0.717, 1.165) is 22.1 Å². The number of rotatable bonds is 8. The molecule has 38 heavy (non-hydrogen) atoms. The number of allylic oxidation sites excluding steroid dienone is 1. The number of β-lactam (4-membered cyclic amide) rings is 1. The molecule has 0 aromatic carbocycles. The van der Waals surface area contributed by atoms with Crippen LogP contribution < -0.4 is 16.6 Å². The molecule has 1 aromatic rings. The lowest BCUT2D eigenvalue weighted by molar-refractivity contribution is -0.150. The summed E-state index contributed by atoms with van der Waals surface area (Å²) in [6.45, 7) is 1.56. The summed E-state index contributed by atoms with van der Waals surface area (Å²) in [5.74, 6) is -1.50. The summed E-state index contributed by atoms with van der Waals surface area (Å²) in [7, 11) is 0. The molecule has 1 saturated heterocycles. The van der Waals surface area contributed by atoms with E-state index in [1.165, 1.54) is 38.8 Å². The predicted molar refractivity (Wildman–Crippen MR) is 140 cm³/mol. The Morgan fingerprint density at radius 1 is 1.42 bits per heavy atom. The number of carboxylic acid groups (broad SMARTS) is 1. The molecule has 0 bridgehead atoms. The Bertz CT molecular complexity index is 1370. The van der Waals surface area contributed by atoms with E-state index in [1.54, 1.807) is 11.2 Å². The minimum Gasteiger partial charge on any atom is -0.477 e. The number of carbonyl (C=O) groups excluding carboxylic acids is 2. The van der Waals surface area contributed by atoms with Crippen LogP contribution in [0.15, 0.2) is 49.9 Å². The molecule has 0 spiro atoms. The van der Waals surface area contributed by atoms with Crippen LogP contribution in [0.2, 0.25) is 0 Å². The second-order valence-electron chi connectivity index (χ2n) is 8.20. The zero-order valence-corrected chi connectivity index (χ0v) is 22.0. The number of aliphatic hydroxyl groups excluding tert-OH is 1. The molecule has 18 heteroatoms. The van der Waals surface area contributed by atoms with E-state index in [9.17, 15) is 29.8 Å². The number of aliphatic hydroxyl groups is 1. The number of aromatic nitrogens is 1. The molecule has 5 heterocycles. The Labute approximate surface area is 227 Å². The van der Waals surface area contributed by atoms with Gasteiger partial charge in [-0.1, -0.05) is 5.16 Å². The van der Waals surface area contributed by atoms with E-state index in [-0.39, 0.29) is 29.0 Å². The first-order valence-electron chi connectivity index (χ1n) is 10.9. The molecule has 1 fully saturated rings. The highest BCUT2D eigenvalue weighted by atomic mass is 32.2. The maximum absolute atomic E-state index is 13.0. The van der Waals surface area contributed by atoms with E-state index < -0.39 is 34.9 Å². The molecule has 0 aliphatic carbocycles. The SMILES string of the molecule is CC1=NC2=CN(CO)NN2C(SCC2=C(C(=O)O)N3C(=O)C(NC(=O)/C(=N\O)c4csc(N)n4)[C@H]3SC2)=C1. The quantitative estimate of drug-likeness (QED) is 0.0992. The van der Waals surface area contributed by atoms with Crippen molar-refractivity contribution in [2.75, 3.05) is 24.0 Å². The number of hydrazine groups is 2. The van der Waals surface area contributed by atoms with Gasteiger partial charge in [0, 0.05) is 22.6 Å². The topological polar surface area (TPSA) is 209 Å². The predicted octanol–water partition coefficient (Wildman–Crippen LogP) is -0.523. The number of carbonyl (C=O) groups is 3. The van der Waals surface area contributed by atoms with Crippen molar-refractivity contribution in [3.8, 4) is 0 Å². The smallest absolute Gasteiger partial charge is 0.352 e. The molecule has 0 saturated carbocycles. The highest BCUT2D eigenvalue weighted by Crippen LogP contribution is 2.42. The number of fused-ring (bicyclic) bond motifs is 2. The Balaban J connectivity index is 1.29. The number of nitrogens with one attached hydrogen (secondary N) is 2. The molecular weight excluding hydrogens is 558 g/mol. The average Bonchev–Trinajstić information content (AvgIpc) is 3.51. The van der Waals surface area contributed by atoms with Crippen LogP contribution in [0.25, 0.3) is 0 Å². The number of amides is 2. The maximum Gasteiger partial charge on any atom is 0.352 e. The van der Waals surface area contributed by atoms with Gasteiger partial charge in [0.1, 0.15) is 29.5 Å². The first-order chi connectivity index (χ1) is 18.2. The second kappa shape index (κ2) is 10.3. The molecule has 5 rings (SSSR count). The highest BCUT2D eigenvalue weighted by molar-refractivity contribution is 8.03. The summed E-state index contributed by atoms with van der Waals surface area (Å²) in [5.41, 5.74) is 9.36. The van der Waals surface area contributed by atoms with Crippen LogP contribution in [-0.4, -0.2) is 94.2 Å². The van der Waals surface area contributed by atoms with Crippen molar-refractivity contribution in [2.24, 2.45) is 10.1 Å². The van der Waals surface area contributed by atoms with Crippen molar-refractivity contribution in [2.45, 2.75) is 18.3 Å². The van der Waals surface area contributed by atoms with E-state index in [1.807, 2.05) is 13.0 Å². The Morgan fingerprint density at radius 2 is 2.21 bits per heavy atom. The fourth-order valence-corrected chi connectivity index (χ4v) is 7.16. The number of hydrogen-bond donors (Lipinski definition) is 6. The zero-order valence-electron chi connectivity index (χ0n) is 19.6. The fraction of sp³-hybridized carbons (Fsp3) is 0.300. The van der Waals surface area contributed by atoms with Crippen LogP contribution in [0.5, 0.6) is 0 Å². The van der Waals surface area contributed by atoms with Gasteiger partial charge in [0.05, 0.1) is 11.2 Å². The number of nitrogen functional groups attached to an aromatic ring is 1. The van der Waals surface area contributed by atoms with Crippen molar-refractivity contribution in [1.29, 1.82) is 0 Å². The minimum absolute atomic E-state index is 0.0581. The summed E-state index contributed by atoms with van der Waals surface area (Å²) < 4.78 is 0. The van der Waals surface area contributed by atoms with Crippen molar-refractivity contribution in [1.82, 2.24) is 30.8 Å². The van der Waals surface area contributed by atoms with Crippen molar-refractivity contribution in [3.63, 3.8) is 0 Å². The van der Waals surface area contributed by atoms with Crippen LogP contribution in [0, 0.1) is 0 Å². The van der Waals surface area contributed by atoms with Crippen molar-refractivity contribution < 1.29 is 29.8 Å². The van der Waals surface area contributed by atoms with Crippen molar-refractivity contribution >= 4 is 69.2 Å². The van der Waals surface area contributed by atoms with Crippen LogP contribution in [0.1, 0.15) is 12.6 Å². The van der Waals surface area contributed by atoms with Crippen LogP contribution in [0.3, 0.4) is 0 Å².